The molecule has 1 saturated heterocycles. The molecule has 4 nitrogen and oxygen atoms in total. The lowest BCUT2D eigenvalue weighted by Gasteiger charge is -2.13. The van der Waals surface area contributed by atoms with Gasteiger partial charge in [0.15, 0.2) is 0 Å². The molecule has 1 unspecified atom stereocenters. The number of likely N-dealkylation sites (tertiary alicyclic amines) is 1. The third-order valence-corrected chi connectivity index (χ3v) is 4.39. The second kappa shape index (κ2) is 6.34. The van der Waals surface area contributed by atoms with E-state index in [2.05, 4.69) is 45.4 Å². The van der Waals surface area contributed by atoms with Gasteiger partial charge in [-0.05, 0) is 36.6 Å². The maximum atomic E-state index is 5.81. The Hall–Kier alpha value is -2.46. The molecule has 0 spiro atoms. The van der Waals surface area contributed by atoms with Gasteiger partial charge in [-0.3, -0.25) is 4.90 Å². The van der Waals surface area contributed by atoms with E-state index in [0.717, 1.165) is 25.2 Å². The maximum Gasteiger partial charge on any atom is 0.247 e. The predicted molar refractivity (Wildman–Crippen MR) is 88.8 cm³/mol. The fourth-order valence-electron chi connectivity index (χ4n) is 3.18. The van der Waals surface area contributed by atoms with E-state index in [9.17, 15) is 0 Å². The van der Waals surface area contributed by atoms with E-state index >= 15 is 0 Å². The van der Waals surface area contributed by atoms with Gasteiger partial charge in [0.25, 0.3) is 0 Å². The van der Waals surface area contributed by atoms with E-state index in [4.69, 9.17) is 4.42 Å². The lowest BCUT2D eigenvalue weighted by atomic mass is 9.99. The molecule has 0 amide bonds. The highest BCUT2D eigenvalue weighted by Gasteiger charge is 2.25. The Morgan fingerprint density at radius 2 is 1.70 bits per heavy atom. The molecule has 4 heteroatoms. The van der Waals surface area contributed by atoms with Crippen LogP contribution in [0.5, 0.6) is 0 Å². The summed E-state index contributed by atoms with van der Waals surface area (Å²) in [5.41, 5.74) is 2.39. The molecule has 0 N–H and O–H groups in total. The molecular formula is C19H19N3O. The molecule has 2 heterocycles. The van der Waals surface area contributed by atoms with Gasteiger partial charge in [-0.2, -0.15) is 0 Å². The Bertz CT molecular complexity index is 755. The molecule has 1 aromatic heterocycles. The summed E-state index contributed by atoms with van der Waals surface area (Å²) in [7, 11) is 0. The molecule has 3 aromatic rings. The summed E-state index contributed by atoms with van der Waals surface area (Å²) in [4.78, 5) is 2.39. The summed E-state index contributed by atoms with van der Waals surface area (Å²) < 4.78 is 5.81. The standard InChI is InChI=1S/C19H19N3O/c1-3-7-15(8-4-1)17-11-12-22(13-17)14-18-20-21-19(23-18)16-9-5-2-6-10-16/h1-10,17H,11-14H2. The summed E-state index contributed by atoms with van der Waals surface area (Å²) in [5.74, 6) is 1.89. The van der Waals surface area contributed by atoms with Crippen molar-refractivity contribution < 1.29 is 4.42 Å². The van der Waals surface area contributed by atoms with Gasteiger partial charge in [-0.1, -0.05) is 48.5 Å². The zero-order valence-electron chi connectivity index (χ0n) is 12.9. The van der Waals surface area contributed by atoms with Crippen LogP contribution in [0.25, 0.3) is 11.5 Å². The largest absolute Gasteiger partial charge is 0.419 e. The first-order valence-corrected chi connectivity index (χ1v) is 8.03. The van der Waals surface area contributed by atoms with E-state index in [1.165, 1.54) is 12.0 Å². The smallest absolute Gasteiger partial charge is 0.247 e. The minimum atomic E-state index is 0.597. The molecule has 1 fully saturated rings. The molecule has 1 aliphatic heterocycles. The van der Waals surface area contributed by atoms with Crippen molar-refractivity contribution in [3.63, 3.8) is 0 Å². The highest BCUT2D eigenvalue weighted by Crippen LogP contribution is 2.28. The Morgan fingerprint density at radius 3 is 2.48 bits per heavy atom. The normalized spacial score (nSPS) is 18.3. The van der Waals surface area contributed by atoms with Crippen LogP contribution < -0.4 is 0 Å². The van der Waals surface area contributed by atoms with Crippen LogP contribution in [0.3, 0.4) is 0 Å². The number of hydrogen-bond acceptors (Lipinski definition) is 4. The van der Waals surface area contributed by atoms with Crippen molar-refractivity contribution in [3.05, 3.63) is 72.1 Å². The average Bonchev–Trinajstić information content (AvgIpc) is 3.27. The van der Waals surface area contributed by atoms with Crippen molar-refractivity contribution in [2.45, 2.75) is 18.9 Å². The number of nitrogens with zero attached hydrogens (tertiary/aromatic N) is 3. The van der Waals surface area contributed by atoms with Crippen LogP contribution in [0.4, 0.5) is 0 Å². The van der Waals surface area contributed by atoms with Gasteiger partial charge in [0.2, 0.25) is 11.8 Å². The minimum absolute atomic E-state index is 0.597. The van der Waals surface area contributed by atoms with Crippen molar-refractivity contribution >= 4 is 0 Å². The summed E-state index contributed by atoms with van der Waals surface area (Å²) in [6.45, 7) is 2.85. The van der Waals surface area contributed by atoms with Crippen LogP contribution in [0.1, 0.15) is 23.8 Å². The molecule has 2 aromatic carbocycles. The number of hydrogen-bond donors (Lipinski definition) is 0. The molecule has 0 bridgehead atoms. The van der Waals surface area contributed by atoms with Crippen LogP contribution in [0.2, 0.25) is 0 Å². The Morgan fingerprint density at radius 1 is 0.957 bits per heavy atom. The van der Waals surface area contributed by atoms with Gasteiger partial charge in [0.05, 0.1) is 6.54 Å². The summed E-state index contributed by atoms with van der Waals surface area (Å²) in [6.07, 6.45) is 1.18. The molecule has 1 aliphatic rings. The quantitative estimate of drug-likeness (QED) is 0.736. The second-order valence-electron chi connectivity index (χ2n) is 6.00. The van der Waals surface area contributed by atoms with Gasteiger partial charge in [0, 0.05) is 12.1 Å². The van der Waals surface area contributed by atoms with Gasteiger partial charge < -0.3 is 4.42 Å². The number of aromatic nitrogens is 2. The van der Waals surface area contributed by atoms with Gasteiger partial charge in [-0.25, -0.2) is 0 Å². The first-order chi connectivity index (χ1) is 11.4. The first-order valence-electron chi connectivity index (χ1n) is 8.03. The Labute approximate surface area is 135 Å². The van der Waals surface area contributed by atoms with Crippen LogP contribution in [-0.2, 0) is 6.54 Å². The molecule has 4 rings (SSSR count). The lowest BCUT2D eigenvalue weighted by Crippen LogP contribution is -2.19. The van der Waals surface area contributed by atoms with Crippen LogP contribution in [0, 0.1) is 0 Å². The Balaban J connectivity index is 1.41. The Kier molecular flexibility index (Phi) is 3.90. The van der Waals surface area contributed by atoms with Crippen LogP contribution in [-0.4, -0.2) is 28.2 Å². The van der Waals surface area contributed by atoms with Crippen molar-refractivity contribution in [1.82, 2.24) is 15.1 Å². The molecule has 23 heavy (non-hydrogen) atoms. The number of benzene rings is 2. The molecule has 0 aliphatic carbocycles. The highest BCUT2D eigenvalue weighted by atomic mass is 16.4. The zero-order chi connectivity index (χ0) is 15.5. The highest BCUT2D eigenvalue weighted by molar-refractivity contribution is 5.51. The van der Waals surface area contributed by atoms with Crippen molar-refractivity contribution in [1.29, 1.82) is 0 Å². The van der Waals surface area contributed by atoms with E-state index in [0.29, 0.717) is 17.7 Å². The summed E-state index contributed by atoms with van der Waals surface area (Å²) >= 11 is 0. The monoisotopic (exact) mass is 305 g/mol. The van der Waals surface area contributed by atoms with E-state index in [1.54, 1.807) is 0 Å². The molecular weight excluding hydrogens is 286 g/mol. The van der Waals surface area contributed by atoms with Gasteiger partial charge >= 0.3 is 0 Å². The molecule has 116 valence electrons. The molecule has 0 saturated carbocycles. The van der Waals surface area contributed by atoms with Gasteiger partial charge in [-0.15, -0.1) is 10.2 Å². The SMILES string of the molecule is c1ccc(-c2nnc(CN3CCC(c4ccccc4)C3)o2)cc1. The summed E-state index contributed by atoms with van der Waals surface area (Å²) in [5, 5.41) is 8.36. The van der Waals surface area contributed by atoms with Crippen molar-refractivity contribution in [3.8, 4) is 11.5 Å². The van der Waals surface area contributed by atoms with Crippen molar-refractivity contribution in [2.75, 3.05) is 13.1 Å². The fourth-order valence-corrected chi connectivity index (χ4v) is 3.18. The molecule has 1 atom stereocenters. The summed E-state index contributed by atoms with van der Waals surface area (Å²) in [6, 6.07) is 20.6. The van der Waals surface area contributed by atoms with Crippen LogP contribution >= 0.6 is 0 Å². The zero-order valence-corrected chi connectivity index (χ0v) is 12.9. The third kappa shape index (κ3) is 3.17. The lowest BCUT2D eigenvalue weighted by molar-refractivity contribution is 0.289. The van der Waals surface area contributed by atoms with Crippen molar-refractivity contribution in [2.24, 2.45) is 0 Å². The van der Waals surface area contributed by atoms with E-state index in [1.807, 2.05) is 30.3 Å². The van der Waals surface area contributed by atoms with E-state index < -0.39 is 0 Å². The topological polar surface area (TPSA) is 42.2 Å². The third-order valence-electron chi connectivity index (χ3n) is 4.39. The minimum Gasteiger partial charge on any atom is -0.419 e. The average molecular weight is 305 g/mol. The van der Waals surface area contributed by atoms with Gasteiger partial charge in [0.1, 0.15) is 0 Å². The van der Waals surface area contributed by atoms with E-state index in [-0.39, 0.29) is 0 Å². The predicted octanol–water partition coefficient (Wildman–Crippen LogP) is 3.73. The number of rotatable bonds is 4. The second-order valence-corrected chi connectivity index (χ2v) is 6.00. The fraction of sp³-hybridized carbons (Fsp3) is 0.263. The first kappa shape index (κ1) is 14.2. The maximum absolute atomic E-state index is 5.81. The van der Waals surface area contributed by atoms with Crippen LogP contribution in [0.15, 0.2) is 65.1 Å². The molecule has 0 radical (unpaired) electrons.